The van der Waals surface area contributed by atoms with Crippen molar-refractivity contribution in [2.75, 3.05) is 13.1 Å². The van der Waals surface area contributed by atoms with Crippen LogP contribution in [-0.4, -0.2) is 46.7 Å². The maximum atomic E-state index is 13.7. The third-order valence-corrected chi connectivity index (χ3v) is 6.86. The Bertz CT molecular complexity index is 778. The van der Waals surface area contributed by atoms with Crippen LogP contribution in [0.2, 0.25) is 0 Å². The van der Waals surface area contributed by atoms with Gasteiger partial charge in [-0.25, -0.2) is 0 Å². The van der Waals surface area contributed by atoms with Gasteiger partial charge in [-0.1, -0.05) is 37.1 Å². The number of carbonyl (C=O) groups is 3. The van der Waals surface area contributed by atoms with Gasteiger partial charge in [0.15, 0.2) is 0 Å². The lowest BCUT2D eigenvalue weighted by molar-refractivity contribution is -0.145. The molecule has 0 radical (unpaired) electrons. The summed E-state index contributed by atoms with van der Waals surface area (Å²) in [4.78, 5) is 43.3. The molecule has 0 aromatic heterocycles. The second-order valence-corrected chi connectivity index (χ2v) is 8.70. The first-order valence-electron chi connectivity index (χ1n) is 10.7. The lowest BCUT2D eigenvalue weighted by Gasteiger charge is -2.33. The first-order chi connectivity index (χ1) is 13.5. The van der Waals surface area contributed by atoms with Crippen molar-refractivity contribution >= 4 is 17.7 Å². The largest absolute Gasteiger partial charge is 0.343 e. The van der Waals surface area contributed by atoms with E-state index in [2.05, 4.69) is 0 Å². The highest BCUT2D eigenvalue weighted by atomic mass is 16.2. The number of rotatable bonds is 4. The molecule has 2 saturated heterocycles. The van der Waals surface area contributed by atoms with Crippen LogP contribution >= 0.6 is 0 Å². The number of aryl methyl sites for hydroxylation is 1. The maximum Gasteiger partial charge on any atom is 0.241 e. The molecule has 0 N–H and O–H groups in total. The van der Waals surface area contributed by atoms with E-state index in [-0.39, 0.29) is 36.6 Å². The SMILES string of the molecule is Cc1ccccc1[C@@]1(CC(=O)N2CCCCC2)CC(=O)N(C2CCCC2)C1=O. The molecule has 2 heterocycles. The van der Waals surface area contributed by atoms with Gasteiger partial charge in [-0.2, -0.15) is 0 Å². The van der Waals surface area contributed by atoms with Crippen LogP contribution in [0.5, 0.6) is 0 Å². The molecule has 3 fully saturated rings. The second kappa shape index (κ2) is 7.69. The minimum atomic E-state index is -1.04. The summed E-state index contributed by atoms with van der Waals surface area (Å²) in [5, 5.41) is 0. The number of piperidine rings is 1. The summed E-state index contributed by atoms with van der Waals surface area (Å²) in [6.45, 7) is 3.49. The van der Waals surface area contributed by atoms with Gasteiger partial charge in [0, 0.05) is 32.0 Å². The Morgan fingerprint density at radius 3 is 2.39 bits per heavy atom. The number of hydrogen-bond acceptors (Lipinski definition) is 3. The fourth-order valence-electron chi connectivity index (χ4n) is 5.36. The Kier molecular flexibility index (Phi) is 5.26. The zero-order valence-corrected chi connectivity index (χ0v) is 16.8. The van der Waals surface area contributed by atoms with Crippen LogP contribution in [0.15, 0.2) is 24.3 Å². The average Bonchev–Trinajstić information content (AvgIpc) is 3.30. The van der Waals surface area contributed by atoms with E-state index in [9.17, 15) is 14.4 Å². The van der Waals surface area contributed by atoms with Crippen LogP contribution in [0.25, 0.3) is 0 Å². The molecule has 4 rings (SSSR count). The van der Waals surface area contributed by atoms with E-state index in [4.69, 9.17) is 0 Å². The van der Waals surface area contributed by atoms with E-state index in [0.29, 0.717) is 0 Å². The lowest BCUT2D eigenvalue weighted by atomic mass is 9.73. The molecule has 1 atom stereocenters. The number of hydrogen-bond donors (Lipinski definition) is 0. The Morgan fingerprint density at radius 1 is 1.04 bits per heavy atom. The number of nitrogens with zero attached hydrogens (tertiary/aromatic N) is 2. The van der Waals surface area contributed by atoms with Gasteiger partial charge < -0.3 is 4.90 Å². The van der Waals surface area contributed by atoms with E-state index in [1.54, 1.807) is 0 Å². The molecule has 2 aliphatic heterocycles. The number of carbonyl (C=O) groups excluding carboxylic acids is 3. The Hall–Kier alpha value is -2.17. The minimum absolute atomic E-state index is 0.0102. The number of likely N-dealkylation sites (tertiary alicyclic amines) is 2. The number of amides is 3. The molecule has 0 bridgehead atoms. The summed E-state index contributed by atoms with van der Waals surface area (Å²) >= 11 is 0. The van der Waals surface area contributed by atoms with Crippen molar-refractivity contribution < 1.29 is 14.4 Å². The van der Waals surface area contributed by atoms with Crippen LogP contribution in [-0.2, 0) is 19.8 Å². The summed E-state index contributed by atoms with van der Waals surface area (Å²) in [5.41, 5.74) is 0.780. The van der Waals surface area contributed by atoms with Gasteiger partial charge in [0.2, 0.25) is 17.7 Å². The van der Waals surface area contributed by atoms with Crippen LogP contribution in [0.3, 0.4) is 0 Å². The molecule has 3 amide bonds. The molecule has 1 aromatic rings. The Labute approximate surface area is 167 Å². The molecule has 28 heavy (non-hydrogen) atoms. The summed E-state index contributed by atoms with van der Waals surface area (Å²) in [6.07, 6.45) is 7.31. The van der Waals surface area contributed by atoms with Gasteiger partial charge in [0.05, 0.1) is 5.41 Å². The van der Waals surface area contributed by atoms with Crippen molar-refractivity contribution in [2.45, 2.75) is 76.2 Å². The zero-order valence-electron chi connectivity index (χ0n) is 16.8. The molecule has 1 aromatic carbocycles. The highest BCUT2D eigenvalue weighted by Crippen LogP contribution is 2.44. The third kappa shape index (κ3) is 3.25. The lowest BCUT2D eigenvalue weighted by Crippen LogP contribution is -2.46. The topological polar surface area (TPSA) is 57.7 Å². The predicted molar refractivity (Wildman–Crippen MR) is 107 cm³/mol. The zero-order chi connectivity index (χ0) is 19.7. The van der Waals surface area contributed by atoms with Crippen molar-refractivity contribution in [3.8, 4) is 0 Å². The normalized spacial score (nSPS) is 26.3. The fraction of sp³-hybridized carbons (Fsp3) is 0.609. The Balaban J connectivity index is 1.70. The van der Waals surface area contributed by atoms with Crippen molar-refractivity contribution in [3.05, 3.63) is 35.4 Å². The summed E-state index contributed by atoms with van der Waals surface area (Å²) < 4.78 is 0. The molecule has 3 aliphatic rings. The second-order valence-electron chi connectivity index (χ2n) is 8.70. The summed E-state index contributed by atoms with van der Waals surface area (Å²) in [5.74, 6) is -0.243. The average molecular weight is 383 g/mol. The third-order valence-electron chi connectivity index (χ3n) is 6.86. The molecular weight excluding hydrogens is 352 g/mol. The quantitative estimate of drug-likeness (QED) is 0.751. The van der Waals surface area contributed by atoms with Crippen LogP contribution in [0, 0.1) is 6.92 Å². The van der Waals surface area contributed by atoms with Gasteiger partial charge in [-0.15, -0.1) is 0 Å². The molecular formula is C23H30N2O3. The molecule has 0 spiro atoms. The van der Waals surface area contributed by atoms with Gasteiger partial charge in [-0.05, 0) is 50.2 Å². The van der Waals surface area contributed by atoms with Crippen molar-refractivity contribution in [1.29, 1.82) is 0 Å². The molecule has 150 valence electrons. The minimum Gasteiger partial charge on any atom is -0.343 e. The van der Waals surface area contributed by atoms with Crippen molar-refractivity contribution in [2.24, 2.45) is 0 Å². The van der Waals surface area contributed by atoms with Crippen LogP contribution in [0.1, 0.15) is 68.9 Å². The standard InChI is InChI=1S/C23H30N2O3/c1-17-9-3-6-12-19(17)23(15-20(26)24-13-7-2-8-14-24)16-21(27)25(22(23)28)18-10-4-5-11-18/h3,6,9,12,18H,2,4-5,7-8,10-11,13-16H2,1H3/t23-/m1/s1. The molecule has 0 unspecified atom stereocenters. The number of imide groups is 1. The molecule has 5 heteroatoms. The Morgan fingerprint density at radius 2 is 1.71 bits per heavy atom. The van der Waals surface area contributed by atoms with Gasteiger partial charge in [0.1, 0.15) is 0 Å². The highest BCUT2D eigenvalue weighted by molar-refractivity contribution is 6.11. The first-order valence-corrected chi connectivity index (χ1v) is 10.7. The highest BCUT2D eigenvalue weighted by Gasteiger charge is 2.56. The van der Waals surface area contributed by atoms with Crippen molar-refractivity contribution in [3.63, 3.8) is 0 Å². The molecule has 5 nitrogen and oxygen atoms in total. The van der Waals surface area contributed by atoms with E-state index in [1.165, 1.54) is 4.90 Å². The van der Waals surface area contributed by atoms with Crippen LogP contribution < -0.4 is 0 Å². The number of benzene rings is 1. The summed E-state index contributed by atoms with van der Waals surface area (Å²) in [7, 11) is 0. The molecule has 1 saturated carbocycles. The summed E-state index contributed by atoms with van der Waals surface area (Å²) in [6, 6.07) is 7.76. The van der Waals surface area contributed by atoms with E-state index in [0.717, 1.165) is 69.2 Å². The van der Waals surface area contributed by atoms with Gasteiger partial charge in [0.25, 0.3) is 0 Å². The van der Waals surface area contributed by atoms with Crippen molar-refractivity contribution in [1.82, 2.24) is 9.80 Å². The van der Waals surface area contributed by atoms with E-state index >= 15 is 0 Å². The fourth-order valence-corrected chi connectivity index (χ4v) is 5.36. The van der Waals surface area contributed by atoms with Gasteiger partial charge >= 0.3 is 0 Å². The maximum absolute atomic E-state index is 13.7. The van der Waals surface area contributed by atoms with Gasteiger partial charge in [-0.3, -0.25) is 19.3 Å². The first kappa shape index (κ1) is 19.2. The smallest absolute Gasteiger partial charge is 0.241 e. The monoisotopic (exact) mass is 382 g/mol. The van der Waals surface area contributed by atoms with Crippen LogP contribution in [0.4, 0.5) is 0 Å². The van der Waals surface area contributed by atoms with E-state index < -0.39 is 5.41 Å². The van der Waals surface area contributed by atoms with E-state index in [1.807, 2.05) is 36.1 Å². The predicted octanol–water partition coefficient (Wildman–Crippen LogP) is 3.34. The molecule has 1 aliphatic carbocycles.